The summed E-state index contributed by atoms with van der Waals surface area (Å²) in [5.74, 6) is -1.14. The Morgan fingerprint density at radius 2 is 2.00 bits per heavy atom. The molecule has 0 unspecified atom stereocenters. The molecule has 0 radical (unpaired) electrons. The quantitative estimate of drug-likeness (QED) is 0.614. The highest BCUT2D eigenvalue weighted by molar-refractivity contribution is 7.89. The summed E-state index contributed by atoms with van der Waals surface area (Å²) in [5, 5.41) is 13.5. The first-order chi connectivity index (χ1) is 9.75. The Kier molecular flexibility index (Phi) is 5.62. The predicted molar refractivity (Wildman–Crippen MR) is 77.3 cm³/mol. The number of non-ortho nitro benzene ring substituents is 1. The second kappa shape index (κ2) is 6.81. The van der Waals surface area contributed by atoms with Gasteiger partial charge in [-0.2, -0.15) is 0 Å². The molecule has 9 heteroatoms. The van der Waals surface area contributed by atoms with Gasteiger partial charge in [0.15, 0.2) is 5.82 Å². The second-order valence-electron chi connectivity index (χ2n) is 4.41. The Morgan fingerprint density at radius 3 is 2.48 bits per heavy atom. The number of halogens is 1. The van der Waals surface area contributed by atoms with E-state index in [0.29, 0.717) is 19.0 Å². The highest BCUT2D eigenvalue weighted by Gasteiger charge is 2.29. The van der Waals surface area contributed by atoms with Gasteiger partial charge in [0.1, 0.15) is 4.90 Å². The molecule has 1 aromatic rings. The third-order valence-electron chi connectivity index (χ3n) is 2.92. The molecule has 0 aliphatic heterocycles. The van der Waals surface area contributed by atoms with Gasteiger partial charge in [0, 0.05) is 26.2 Å². The SMILES string of the molecule is CCCNc1cc([N+](=O)[O-])cc(F)c1S(=O)(=O)N(C)CC. The molecule has 0 bridgehead atoms. The topological polar surface area (TPSA) is 92.5 Å². The molecule has 21 heavy (non-hydrogen) atoms. The lowest BCUT2D eigenvalue weighted by molar-refractivity contribution is -0.385. The number of nitrogens with zero attached hydrogens (tertiary/aromatic N) is 2. The molecule has 0 atom stereocenters. The standard InChI is InChI=1S/C12H18FN3O4S/c1-4-6-14-11-8-9(16(17)18)7-10(13)12(11)21(19,20)15(3)5-2/h7-8,14H,4-6H2,1-3H3. The molecule has 1 aromatic carbocycles. The summed E-state index contributed by atoms with van der Waals surface area (Å²) >= 11 is 0. The fraction of sp³-hybridized carbons (Fsp3) is 0.500. The smallest absolute Gasteiger partial charge is 0.274 e. The number of hydrogen-bond acceptors (Lipinski definition) is 5. The minimum Gasteiger partial charge on any atom is -0.384 e. The van der Waals surface area contributed by atoms with Gasteiger partial charge in [0.25, 0.3) is 5.69 Å². The third kappa shape index (κ3) is 3.67. The van der Waals surface area contributed by atoms with E-state index in [2.05, 4.69) is 5.32 Å². The van der Waals surface area contributed by atoms with Crippen LogP contribution in [0, 0.1) is 15.9 Å². The molecule has 118 valence electrons. The van der Waals surface area contributed by atoms with Gasteiger partial charge in [-0.15, -0.1) is 0 Å². The Hall–Kier alpha value is -1.74. The van der Waals surface area contributed by atoms with E-state index in [1.807, 2.05) is 6.92 Å². The zero-order valence-electron chi connectivity index (χ0n) is 12.1. The maximum atomic E-state index is 14.1. The van der Waals surface area contributed by atoms with Gasteiger partial charge in [0.05, 0.1) is 16.7 Å². The van der Waals surface area contributed by atoms with Gasteiger partial charge in [-0.05, 0) is 6.42 Å². The number of nitro groups is 1. The normalized spacial score (nSPS) is 11.7. The molecule has 1 N–H and O–H groups in total. The molecule has 0 aromatic heterocycles. The lowest BCUT2D eigenvalue weighted by Gasteiger charge is -2.18. The van der Waals surface area contributed by atoms with E-state index in [9.17, 15) is 22.9 Å². The van der Waals surface area contributed by atoms with Crippen LogP contribution in [0.15, 0.2) is 17.0 Å². The summed E-state index contributed by atoms with van der Waals surface area (Å²) in [7, 11) is -2.73. The summed E-state index contributed by atoms with van der Waals surface area (Å²) in [5.41, 5.74) is -0.590. The fourth-order valence-corrected chi connectivity index (χ4v) is 3.03. The van der Waals surface area contributed by atoms with E-state index in [-0.39, 0.29) is 12.2 Å². The zero-order chi connectivity index (χ0) is 16.2. The average molecular weight is 319 g/mol. The molecule has 0 aliphatic rings. The van der Waals surface area contributed by atoms with E-state index in [1.165, 1.54) is 7.05 Å². The van der Waals surface area contributed by atoms with Crippen molar-refractivity contribution in [3.8, 4) is 0 Å². The van der Waals surface area contributed by atoms with Crippen LogP contribution in [0.1, 0.15) is 20.3 Å². The number of hydrogen-bond donors (Lipinski definition) is 1. The van der Waals surface area contributed by atoms with Crippen LogP contribution in [0.2, 0.25) is 0 Å². The third-order valence-corrected chi connectivity index (χ3v) is 4.93. The van der Waals surface area contributed by atoms with Crippen molar-refractivity contribution in [3.63, 3.8) is 0 Å². The van der Waals surface area contributed by atoms with Gasteiger partial charge in [0.2, 0.25) is 10.0 Å². The highest BCUT2D eigenvalue weighted by Crippen LogP contribution is 2.31. The predicted octanol–water partition coefficient (Wildman–Crippen LogP) is 2.20. The Balaban J connectivity index is 3.52. The fourth-order valence-electron chi connectivity index (χ4n) is 1.66. The Bertz CT molecular complexity index is 634. The minimum absolute atomic E-state index is 0.0937. The molecule has 0 saturated heterocycles. The van der Waals surface area contributed by atoms with Crippen molar-refractivity contribution in [3.05, 3.63) is 28.1 Å². The first-order valence-corrected chi connectivity index (χ1v) is 7.87. The van der Waals surface area contributed by atoms with Gasteiger partial charge in [-0.25, -0.2) is 17.1 Å². The van der Waals surface area contributed by atoms with E-state index < -0.39 is 31.3 Å². The Labute approximate surface area is 123 Å². The molecule has 7 nitrogen and oxygen atoms in total. The maximum Gasteiger partial charge on any atom is 0.274 e. The number of benzene rings is 1. The van der Waals surface area contributed by atoms with Crippen molar-refractivity contribution in [2.45, 2.75) is 25.2 Å². The van der Waals surface area contributed by atoms with Crippen LogP contribution in [-0.4, -0.2) is 37.8 Å². The molecule has 0 aliphatic carbocycles. The molecule has 0 saturated carbocycles. The molecule has 0 amide bonds. The van der Waals surface area contributed by atoms with Crippen molar-refractivity contribution < 1.29 is 17.7 Å². The molecular weight excluding hydrogens is 301 g/mol. The van der Waals surface area contributed by atoms with Crippen LogP contribution in [0.3, 0.4) is 0 Å². The molecule has 1 rings (SSSR count). The summed E-state index contributed by atoms with van der Waals surface area (Å²) in [6, 6.07) is 1.66. The Morgan fingerprint density at radius 1 is 1.38 bits per heavy atom. The van der Waals surface area contributed by atoms with Crippen molar-refractivity contribution in [2.75, 3.05) is 25.5 Å². The monoisotopic (exact) mass is 319 g/mol. The zero-order valence-corrected chi connectivity index (χ0v) is 12.9. The molecule has 0 spiro atoms. The average Bonchev–Trinajstić information content (AvgIpc) is 2.42. The number of nitro benzene ring substituents is 1. The largest absolute Gasteiger partial charge is 0.384 e. The van der Waals surface area contributed by atoms with Crippen LogP contribution in [0.5, 0.6) is 0 Å². The van der Waals surface area contributed by atoms with Crippen molar-refractivity contribution >= 4 is 21.4 Å². The lowest BCUT2D eigenvalue weighted by atomic mass is 10.2. The maximum absolute atomic E-state index is 14.1. The summed E-state index contributed by atoms with van der Waals surface area (Å²) < 4.78 is 39.8. The van der Waals surface area contributed by atoms with Crippen LogP contribution in [0.25, 0.3) is 0 Å². The van der Waals surface area contributed by atoms with Gasteiger partial charge < -0.3 is 5.32 Å². The molecule has 0 heterocycles. The van der Waals surface area contributed by atoms with Crippen molar-refractivity contribution in [1.29, 1.82) is 0 Å². The number of nitrogens with one attached hydrogen (secondary N) is 1. The summed E-state index contributed by atoms with van der Waals surface area (Å²) in [4.78, 5) is 9.45. The van der Waals surface area contributed by atoms with Gasteiger partial charge in [-0.3, -0.25) is 10.1 Å². The minimum atomic E-state index is -4.05. The number of rotatable bonds is 7. The van der Waals surface area contributed by atoms with E-state index in [0.717, 1.165) is 10.4 Å². The van der Waals surface area contributed by atoms with E-state index in [1.54, 1.807) is 6.92 Å². The number of sulfonamides is 1. The lowest BCUT2D eigenvalue weighted by Crippen LogP contribution is -2.28. The first-order valence-electron chi connectivity index (χ1n) is 6.43. The first kappa shape index (κ1) is 17.3. The number of anilines is 1. The van der Waals surface area contributed by atoms with Crippen LogP contribution in [-0.2, 0) is 10.0 Å². The summed E-state index contributed by atoms with van der Waals surface area (Å²) in [6.45, 7) is 3.98. The van der Waals surface area contributed by atoms with E-state index in [4.69, 9.17) is 0 Å². The highest BCUT2D eigenvalue weighted by atomic mass is 32.2. The van der Waals surface area contributed by atoms with Gasteiger partial charge in [-0.1, -0.05) is 13.8 Å². The van der Waals surface area contributed by atoms with Crippen LogP contribution >= 0.6 is 0 Å². The molecule has 0 fully saturated rings. The summed E-state index contributed by atoms with van der Waals surface area (Å²) in [6.07, 6.45) is 0.660. The van der Waals surface area contributed by atoms with Gasteiger partial charge >= 0.3 is 0 Å². The molecular formula is C12H18FN3O4S. The van der Waals surface area contributed by atoms with Crippen LogP contribution < -0.4 is 5.32 Å². The van der Waals surface area contributed by atoms with Crippen LogP contribution in [0.4, 0.5) is 15.8 Å². The van der Waals surface area contributed by atoms with Crippen molar-refractivity contribution in [2.24, 2.45) is 0 Å². The second-order valence-corrected chi connectivity index (χ2v) is 6.39. The van der Waals surface area contributed by atoms with E-state index >= 15 is 0 Å². The van der Waals surface area contributed by atoms with Crippen molar-refractivity contribution in [1.82, 2.24) is 4.31 Å².